The van der Waals surface area contributed by atoms with E-state index in [0.717, 1.165) is 15.6 Å². The van der Waals surface area contributed by atoms with Gasteiger partial charge in [0.25, 0.3) is 0 Å². The minimum absolute atomic E-state index is 0.0623. The van der Waals surface area contributed by atoms with E-state index in [0.29, 0.717) is 22.6 Å². The van der Waals surface area contributed by atoms with Crippen molar-refractivity contribution in [3.8, 4) is 11.5 Å². The molecule has 0 amide bonds. The van der Waals surface area contributed by atoms with Gasteiger partial charge in [0.1, 0.15) is 11.5 Å². The summed E-state index contributed by atoms with van der Waals surface area (Å²) in [4.78, 5) is 12.8. The van der Waals surface area contributed by atoms with Crippen LogP contribution in [0, 0.1) is 13.8 Å². The second kappa shape index (κ2) is 6.31. The average molecular weight is 349 g/mol. The van der Waals surface area contributed by atoms with Gasteiger partial charge in [-0.1, -0.05) is 6.07 Å². The van der Waals surface area contributed by atoms with Crippen molar-refractivity contribution in [1.29, 1.82) is 0 Å². The molecule has 0 aliphatic rings. The first-order valence-corrected chi connectivity index (χ1v) is 7.30. The van der Waals surface area contributed by atoms with Crippen LogP contribution in [0.2, 0.25) is 0 Å². The van der Waals surface area contributed by atoms with Crippen molar-refractivity contribution in [2.75, 3.05) is 14.2 Å². The van der Waals surface area contributed by atoms with Crippen molar-refractivity contribution in [3.05, 3.63) is 57.1 Å². The van der Waals surface area contributed by atoms with E-state index in [1.54, 1.807) is 32.4 Å². The lowest BCUT2D eigenvalue weighted by molar-refractivity contribution is 0.103. The smallest absolute Gasteiger partial charge is 0.197 e. The standard InChI is InChI=1S/C17H17BrO3/c1-10-7-11(2)16(15(8-10)21-4)17(19)12-5-6-14(20-3)13(18)9-12/h5-9H,1-4H3. The topological polar surface area (TPSA) is 35.5 Å². The van der Waals surface area contributed by atoms with Crippen LogP contribution in [0.1, 0.15) is 27.0 Å². The molecule has 0 bridgehead atoms. The molecule has 0 unspecified atom stereocenters. The Morgan fingerprint density at radius 2 is 1.67 bits per heavy atom. The minimum Gasteiger partial charge on any atom is -0.496 e. The van der Waals surface area contributed by atoms with Gasteiger partial charge in [0, 0.05) is 5.56 Å². The summed E-state index contributed by atoms with van der Waals surface area (Å²) in [5.41, 5.74) is 3.16. The van der Waals surface area contributed by atoms with Gasteiger partial charge >= 0.3 is 0 Å². The normalized spacial score (nSPS) is 10.3. The van der Waals surface area contributed by atoms with Gasteiger partial charge in [-0.15, -0.1) is 0 Å². The number of aryl methyl sites for hydroxylation is 2. The highest BCUT2D eigenvalue weighted by molar-refractivity contribution is 9.10. The fraction of sp³-hybridized carbons (Fsp3) is 0.235. The molecule has 0 radical (unpaired) electrons. The monoisotopic (exact) mass is 348 g/mol. The van der Waals surface area contributed by atoms with Crippen LogP contribution >= 0.6 is 15.9 Å². The third kappa shape index (κ3) is 3.10. The van der Waals surface area contributed by atoms with Crippen LogP contribution in [0.4, 0.5) is 0 Å². The fourth-order valence-corrected chi connectivity index (χ4v) is 2.87. The van der Waals surface area contributed by atoms with Gasteiger partial charge in [-0.05, 0) is 65.2 Å². The zero-order valence-electron chi connectivity index (χ0n) is 12.5. The van der Waals surface area contributed by atoms with Crippen LogP contribution in [0.5, 0.6) is 11.5 Å². The summed E-state index contributed by atoms with van der Waals surface area (Å²) >= 11 is 3.41. The highest BCUT2D eigenvalue weighted by Crippen LogP contribution is 2.30. The van der Waals surface area contributed by atoms with E-state index in [1.807, 2.05) is 26.0 Å². The third-order valence-electron chi connectivity index (χ3n) is 3.30. The van der Waals surface area contributed by atoms with Crippen molar-refractivity contribution >= 4 is 21.7 Å². The Bertz CT molecular complexity index is 693. The molecule has 0 fully saturated rings. The van der Waals surface area contributed by atoms with E-state index in [-0.39, 0.29) is 5.78 Å². The summed E-state index contributed by atoms with van der Waals surface area (Å²) in [5, 5.41) is 0. The van der Waals surface area contributed by atoms with Crippen molar-refractivity contribution in [3.63, 3.8) is 0 Å². The Balaban J connectivity index is 2.52. The number of halogens is 1. The predicted molar refractivity (Wildman–Crippen MR) is 86.6 cm³/mol. The summed E-state index contributed by atoms with van der Waals surface area (Å²) in [6.45, 7) is 3.90. The van der Waals surface area contributed by atoms with Gasteiger partial charge in [0.05, 0.1) is 24.3 Å². The van der Waals surface area contributed by atoms with Crippen LogP contribution in [0.25, 0.3) is 0 Å². The number of rotatable bonds is 4. The quantitative estimate of drug-likeness (QED) is 0.772. The first-order chi connectivity index (χ1) is 9.97. The second-order valence-electron chi connectivity index (χ2n) is 4.84. The molecule has 3 nitrogen and oxygen atoms in total. The molecule has 4 heteroatoms. The van der Waals surface area contributed by atoms with Crippen molar-refractivity contribution in [2.24, 2.45) is 0 Å². The van der Waals surface area contributed by atoms with Gasteiger partial charge in [-0.25, -0.2) is 0 Å². The molecule has 0 heterocycles. The van der Waals surface area contributed by atoms with Crippen LogP contribution in [-0.2, 0) is 0 Å². The number of benzene rings is 2. The molecule has 2 aromatic carbocycles. The number of methoxy groups -OCH3 is 2. The molecule has 0 N–H and O–H groups in total. The predicted octanol–water partition coefficient (Wildman–Crippen LogP) is 4.31. The van der Waals surface area contributed by atoms with E-state index in [9.17, 15) is 4.79 Å². The van der Waals surface area contributed by atoms with E-state index < -0.39 is 0 Å². The van der Waals surface area contributed by atoms with E-state index >= 15 is 0 Å². The van der Waals surface area contributed by atoms with Crippen LogP contribution in [-0.4, -0.2) is 20.0 Å². The first-order valence-electron chi connectivity index (χ1n) is 6.51. The summed E-state index contributed by atoms with van der Waals surface area (Å²) < 4.78 is 11.3. The maximum absolute atomic E-state index is 12.8. The molecule has 21 heavy (non-hydrogen) atoms. The van der Waals surface area contributed by atoms with Gasteiger partial charge in [0.2, 0.25) is 0 Å². The van der Waals surface area contributed by atoms with Gasteiger partial charge in [-0.2, -0.15) is 0 Å². The van der Waals surface area contributed by atoms with E-state index in [4.69, 9.17) is 9.47 Å². The first kappa shape index (κ1) is 15.6. The van der Waals surface area contributed by atoms with E-state index in [1.165, 1.54) is 0 Å². The highest BCUT2D eigenvalue weighted by Gasteiger charge is 2.18. The molecule has 0 aliphatic carbocycles. The number of hydrogen-bond acceptors (Lipinski definition) is 3. The largest absolute Gasteiger partial charge is 0.496 e. The lowest BCUT2D eigenvalue weighted by Gasteiger charge is -2.13. The van der Waals surface area contributed by atoms with Crippen LogP contribution in [0.15, 0.2) is 34.8 Å². The second-order valence-corrected chi connectivity index (χ2v) is 5.69. The maximum Gasteiger partial charge on any atom is 0.197 e. The molecule has 0 aliphatic heterocycles. The number of ketones is 1. The van der Waals surface area contributed by atoms with Gasteiger partial charge in [0.15, 0.2) is 5.78 Å². The molecule has 0 saturated carbocycles. The Labute approximate surface area is 133 Å². The van der Waals surface area contributed by atoms with Crippen molar-refractivity contribution in [2.45, 2.75) is 13.8 Å². The summed E-state index contributed by atoms with van der Waals surface area (Å²) in [5.74, 6) is 1.23. The Kier molecular flexibility index (Phi) is 4.68. The Morgan fingerprint density at radius 1 is 1.00 bits per heavy atom. The molecular weight excluding hydrogens is 332 g/mol. The lowest BCUT2D eigenvalue weighted by Crippen LogP contribution is -2.07. The van der Waals surface area contributed by atoms with Gasteiger partial charge < -0.3 is 9.47 Å². The number of carbonyl (C=O) groups is 1. The summed E-state index contributed by atoms with van der Waals surface area (Å²) in [6.07, 6.45) is 0. The lowest BCUT2D eigenvalue weighted by atomic mass is 9.96. The average Bonchev–Trinajstić information content (AvgIpc) is 2.45. The Hall–Kier alpha value is -1.81. The zero-order chi connectivity index (χ0) is 15.6. The third-order valence-corrected chi connectivity index (χ3v) is 3.92. The highest BCUT2D eigenvalue weighted by atomic mass is 79.9. The maximum atomic E-state index is 12.8. The molecule has 2 aromatic rings. The molecule has 110 valence electrons. The van der Waals surface area contributed by atoms with Crippen molar-refractivity contribution < 1.29 is 14.3 Å². The van der Waals surface area contributed by atoms with Crippen LogP contribution in [0.3, 0.4) is 0 Å². The summed E-state index contributed by atoms with van der Waals surface area (Å²) in [7, 11) is 3.17. The number of ether oxygens (including phenoxy) is 2. The molecular formula is C17H17BrO3. The SMILES string of the molecule is COc1ccc(C(=O)c2c(C)cc(C)cc2OC)cc1Br. The number of carbonyl (C=O) groups excluding carboxylic acids is 1. The molecule has 0 aromatic heterocycles. The Morgan fingerprint density at radius 3 is 2.24 bits per heavy atom. The van der Waals surface area contributed by atoms with Crippen LogP contribution < -0.4 is 9.47 Å². The number of hydrogen-bond donors (Lipinski definition) is 0. The molecule has 2 rings (SSSR count). The fourth-order valence-electron chi connectivity index (χ4n) is 2.33. The van der Waals surface area contributed by atoms with E-state index in [2.05, 4.69) is 15.9 Å². The molecule has 0 atom stereocenters. The van der Waals surface area contributed by atoms with Crippen molar-refractivity contribution in [1.82, 2.24) is 0 Å². The zero-order valence-corrected chi connectivity index (χ0v) is 14.1. The molecule has 0 saturated heterocycles. The van der Waals surface area contributed by atoms with Gasteiger partial charge in [-0.3, -0.25) is 4.79 Å². The minimum atomic E-state index is -0.0623. The summed E-state index contributed by atoms with van der Waals surface area (Å²) in [6, 6.07) is 9.14. The molecule has 0 spiro atoms.